The van der Waals surface area contributed by atoms with Crippen molar-refractivity contribution < 1.29 is 4.79 Å². The monoisotopic (exact) mass is 385 g/mol. The van der Waals surface area contributed by atoms with Crippen LogP contribution in [0, 0.1) is 0 Å². The van der Waals surface area contributed by atoms with Gasteiger partial charge < -0.3 is 5.32 Å². The molecule has 0 aliphatic carbocycles. The Morgan fingerprint density at radius 1 is 1.19 bits per heavy atom. The maximum Gasteiger partial charge on any atom is 0.251 e. The highest BCUT2D eigenvalue weighted by Crippen LogP contribution is 2.23. The smallest absolute Gasteiger partial charge is 0.251 e. The minimum Gasteiger partial charge on any atom is -0.349 e. The summed E-state index contributed by atoms with van der Waals surface area (Å²) in [6, 6.07) is 12.7. The van der Waals surface area contributed by atoms with Crippen LogP contribution in [0.25, 0.3) is 0 Å². The average Bonchev–Trinajstić information content (AvgIpc) is 2.44. The average molecular weight is 387 g/mol. The van der Waals surface area contributed by atoms with Gasteiger partial charge >= 0.3 is 0 Å². The first-order chi connectivity index (χ1) is 9.97. The number of benzene rings is 2. The number of rotatable bonds is 4. The number of amides is 1. The molecule has 0 fully saturated rings. The number of carbonyl (C=O) groups is 1. The van der Waals surface area contributed by atoms with Crippen molar-refractivity contribution in [3.8, 4) is 0 Å². The lowest BCUT2D eigenvalue weighted by molar-refractivity contribution is 0.0940. The minimum atomic E-state index is -0.149. The van der Waals surface area contributed by atoms with E-state index in [1.807, 2.05) is 31.2 Å². The predicted molar refractivity (Wildman–Crippen MR) is 91.2 cm³/mol. The molecular weight excluding hydrogens is 373 g/mol. The molecule has 0 aromatic heterocycles. The van der Waals surface area contributed by atoms with Gasteiger partial charge in [-0.1, -0.05) is 41.4 Å². The van der Waals surface area contributed by atoms with Gasteiger partial charge in [0.25, 0.3) is 5.91 Å². The molecule has 0 saturated carbocycles. The Hall–Kier alpha value is -1.03. The van der Waals surface area contributed by atoms with Crippen LogP contribution in [0.5, 0.6) is 0 Å². The summed E-state index contributed by atoms with van der Waals surface area (Å²) in [5, 5.41) is 4.18. The Labute approximate surface area is 142 Å². The molecule has 0 saturated heterocycles. The number of carbonyl (C=O) groups excluding carboxylic acids is 1. The lowest BCUT2D eigenvalue weighted by Gasteiger charge is -2.15. The standard InChI is InChI=1S/C16H14BrCl2NO/c1-10(8-11-4-2-3-5-14(11)18)20-16(21)12-6-7-13(17)15(19)9-12/h2-7,9-10H,8H2,1H3,(H,20,21). The first-order valence-electron chi connectivity index (χ1n) is 6.46. The first kappa shape index (κ1) is 16.3. The fraction of sp³-hybridized carbons (Fsp3) is 0.188. The van der Waals surface area contributed by atoms with Crippen LogP contribution < -0.4 is 5.32 Å². The molecule has 2 rings (SSSR count). The minimum absolute atomic E-state index is 0.0279. The van der Waals surface area contributed by atoms with Gasteiger partial charge in [0.1, 0.15) is 0 Å². The normalized spacial score (nSPS) is 12.0. The molecule has 1 unspecified atom stereocenters. The summed E-state index contributed by atoms with van der Waals surface area (Å²) >= 11 is 15.4. The van der Waals surface area contributed by atoms with Crippen molar-refractivity contribution in [3.05, 3.63) is 68.1 Å². The van der Waals surface area contributed by atoms with E-state index in [2.05, 4.69) is 21.2 Å². The van der Waals surface area contributed by atoms with Crippen molar-refractivity contribution in [2.75, 3.05) is 0 Å². The third-order valence-corrected chi connectivity index (χ3v) is 4.64. The SMILES string of the molecule is CC(Cc1ccccc1Cl)NC(=O)c1ccc(Br)c(Cl)c1. The van der Waals surface area contributed by atoms with E-state index in [4.69, 9.17) is 23.2 Å². The van der Waals surface area contributed by atoms with Crippen molar-refractivity contribution in [2.24, 2.45) is 0 Å². The van der Waals surface area contributed by atoms with Crippen LogP contribution in [0.1, 0.15) is 22.8 Å². The molecular formula is C16H14BrCl2NO. The molecule has 1 amide bonds. The molecule has 2 nitrogen and oxygen atoms in total. The summed E-state index contributed by atoms with van der Waals surface area (Å²) in [4.78, 5) is 12.2. The number of nitrogens with one attached hydrogen (secondary N) is 1. The van der Waals surface area contributed by atoms with Crippen LogP contribution in [0.3, 0.4) is 0 Å². The third-order valence-electron chi connectivity index (χ3n) is 3.04. The second-order valence-corrected chi connectivity index (χ2v) is 6.47. The second-order valence-electron chi connectivity index (χ2n) is 4.80. The van der Waals surface area contributed by atoms with Gasteiger partial charge in [0.15, 0.2) is 0 Å². The summed E-state index contributed by atoms with van der Waals surface area (Å²) in [6.45, 7) is 1.95. The van der Waals surface area contributed by atoms with E-state index in [0.29, 0.717) is 22.0 Å². The van der Waals surface area contributed by atoms with Crippen LogP contribution in [-0.4, -0.2) is 11.9 Å². The summed E-state index contributed by atoms with van der Waals surface area (Å²) in [5.41, 5.74) is 1.55. The molecule has 0 aliphatic heterocycles. The molecule has 110 valence electrons. The zero-order chi connectivity index (χ0) is 15.4. The molecule has 2 aromatic carbocycles. The van der Waals surface area contributed by atoms with Crippen molar-refractivity contribution in [1.29, 1.82) is 0 Å². The molecule has 0 heterocycles. The fourth-order valence-corrected chi connectivity index (χ4v) is 2.63. The van der Waals surface area contributed by atoms with E-state index in [1.54, 1.807) is 18.2 Å². The fourth-order valence-electron chi connectivity index (χ4n) is 1.99. The third kappa shape index (κ3) is 4.47. The summed E-state index contributed by atoms with van der Waals surface area (Å²) in [5.74, 6) is -0.149. The largest absolute Gasteiger partial charge is 0.349 e. The zero-order valence-electron chi connectivity index (χ0n) is 11.4. The summed E-state index contributed by atoms with van der Waals surface area (Å²) in [6.07, 6.45) is 0.676. The highest BCUT2D eigenvalue weighted by atomic mass is 79.9. The van der Waals surface area contributed by atoms with Crippen molar-refractivity contribution in [1.82, 2.24) is 5.32 Å². The Morgan fingerprint density at radius 2 is 1.90 bits per heavy atom. The van der Waals surface area contributed by atoms with Gasteiger partial charge in [0.05, 0.1) is 5.02 Å². The first-order valence-corrected chi connectivity index (χ1v) is 8.01. The second kappa shape index (κ2) is 7.30. The lowest BCUT2D eigenvalue weighted by Crippen LogP contribution is -2.34. The Bertz CT molecular complexity index is 660. The van der Waals surface area contributed by atoms with Crippen molar-refractivity contribution in [2.45, 2.75) is 19.4 Å². The van der Waals surface area contributed by atoms with Gasteiger partial charge in [0, 0.05) is 21.1 Å². The molecule has 0 aliphatic rings. The maximum absolute atomic E-state index is 12.2. The summed E-state index contributed by atoms with van der Waals surface area (Å²) < 4.78 is 0.768. The van der Waals surface area contributed by atoms with E-state index in [-0.39, 0.29) is 11.9 Å². The Morgan fingerprint density at radius 3 is 2.57 bits per heavy atom. The predicted octanol–water partition coefficient (Wildman–Crippen LogP) is 5.12. The van der Waals surface area contributed by atoms with Gasteiger partial charge in [-0.05, 0) is 59.1 Å². The molecule has 5 heteroatoms. The molecule has 1 N–H and O–H groups in total. The lowest BCUT2D eigenvalue weighted by atomic mass is 10.1. The van der Waals surface area contributed by atoms with Gasteiger partial charge in [-0.3, -0.25) is 4.79 Å². The highest BCUT2D eigenvalue weighted by Gasteiger charge is 2.12. The van der Waals surface area contributed by atoms with Crippen molar-refractivity contribution in [3.63, 3.8) is 0 Å². The topological polar surface area (TPSA) is 29.1 Å². The van der Waals surface area contributed by atoms with Crippen LogP contribution >= 0.6 is 39.1 Å². The Balaban J connectivity index is 2.02. The number of hydrogen-bond acceptors (Lipinski definition) is 1. The molecule has 1 atom stereocenters. The quantitative estimate of drug-likeness (QED) is 0.776. The highest BCUT2D eigenvalue weighted by molar-refractivity contribution is 9.10. The zero-order valence-corrected chi connectivity index (χ0v) is 14.5. The van der Waals surface area contributed by atoms with E-state index in [9.17, 15) is 4.79 Å². The van der Waals surface area contributed by atoms with E-state index in [0.717, 1.165) is 10.0 Å². The number of halogens is 3. The van der Waals surface area contributed by atoms with Gasteiger partial charge in [0.2, 0.25) is 0 Å². The van der Waals surface area contributed by atoms with E-state index in [1.165, 1.54) is 0 Å². The molecule has 21 heavy (non-hydrogen) atoms. The van der Waals surface area contributed by atoms with Crippen LogP contribution in [0.15, 0.2) is 46.9 Å². The Kier molecular flexibility index (Phi) is 5.68. The van der Waals surface area contributed by atoms with Crippen LogP contribution in [0.4, 0.5) is 0 Å². The maximum atomic E-state index is 12.2. The van der Waals surface area contributed by atoms with E-state index < -0.39 is 0 Å². The molecule has 0 radical (unpaired) electrons. The number of hydrogen-bond donors (Lipinski definition) is 1. The molecule has 2 aromatic rings. The summed E-state index contributed by atoms with van der Waals surface area (Å²) in [7, 11) is 0. The molecule has 0 bridgehead atoms. The van der Waals surface area contributed by atoms with Crippen molar-refractivity contribution >= 4 is 45.0 Å². The van der Waals surface area contributed by atoms with Gasteiger partial charge in [-0.15, -0.1) is 0 Å². The van der Waals surface area contributed by atoms with Crippen LogP contribution in [-0.2, 0) is 6.42 Å². The van der Waals surface area contributed by atoms with Gasteiger partial charge in [-0.25, -0.2) is 0 Å². The van der Waals surface area contributed by atoms with Crippen LogP contribution in [0.2, 0.25) is 10.0 Å². The van der Waals surface area contributed by atoms with E-state index >= 15 is 0 Å². The molecule has 0 spiro atoms. The van der Waals surface area contributed by atoms with Gasteiger partial charge in [-0.2, -0.15) is 0 Å².